The van der Waals surface area contributed by atoms with Crippen LogP contribution >= 0.6 is 31.9 Å². The Bertz CT molecular complexity index is 919. The van der Waals surface area contributed by atoms with E-state index in [2.05, 4.69) is 73.4 Å². The molecule has 8 heteroatoms. The number of hydrogen-bond donors (Lipinski definition) is 2. The molecule has 2 aromatic carbocycles. The molecule has 0 aliphatic heterocycles. The average molecular weight is 657 g/mol. The fourth-order valence-corrected chi connectivity index (χ4v) is 3.57. The van der Waals surface area contributed by atoms with Gasteiger partial charge in [-0.2, -0.15) is 0 Å². The van der Waals surface area contributed by atoms with Crippen LogP contribution in [-0.2, 0) is 30.8 Å². The number of rotatable bonds is 1. The standard InChI is InChI=1S/2C10H13BrO.C5H4O.2ClH.Ti/c2*1-10(2,3)8-6-7(11)4-5-9(8)12;1-5-3-2-4-6-5;;;/h2*4-6,12H,1-3H3;1-4H;2*1H;/p-2. The molecule has 0 fully saturated rings. The summed E-state index contributed by atoms with van der Waals surface area (Å²) in [6.07, 6.45) is 1.66. The summed E-state index contributed by atoms with van der Waals surface area (Å²) in [4.78, 5) is 0. The van der Waals surface area contributed by atoms with Crippen molar-refractivity contribution in [3.8, 4) is 11.5 Å². The van der Waals surface area contributed by atoms with Crippen molar-refractivity contribution in [2.45, 2.75) is 52.4 Å². The Morgan fingerprint density at radius 3 is 1.36 bits per heavy atom. The van der Waals surface area contributed by atoms with Crippen LogP contribution in [0.4, 0.5) is 0 Å². The number of aromatic hydroxyl groups is 2. The van der Waals surface area contributed by atoms with Gasteiger partial charge in [-0.1, -0.05) is 73.4 Å². The molecule has 3 rings (SSSR count). The molecule has 0 saturated carbocycles. The molecule has 0 aliphatic rings. The normalized spacial score (nSPS) is 10.3. The van der Waals surface area contributed by atoms with Crippen LogP contribution in [0, 0.1) is 0 Å². The summed E-state index contributed by atoms with van der Waals surface area (Å²) in [5.41, 5.74) is 1.93. The second-order valence-electron chi connectivity index (χ2n) is 8.98. The van der Waals surface area contributed by atoms with E-state index in [0.717, 1.165) is 25.8 Å². The molecule has 0 unspecified atom stereocenters. The first-order valence-corrected chi connectivity index (χ1v) is 12.3. The van der Waals surface area contributed by atoms with Gasteiger partial charge in [0.2, 0.25) is 0 Å². The van der Waals surface area contributed by atoms with Gasteiger partial charge in [-0.15, -0.1) is 0 Å². The maximum atomic E-state index is 9.55. The number of phenolic OH excluding ortho intramolecular Hbond substituents is 2. The second kappa shape index (κ2) is 15.4. The summed E-state index contributed by atoms with van der Waals surface area (Å²) in [7, 11) is 0. The SMILES string of the molecule is CC(C)(C)c1cc(Br)ccc1O.CC(C)(C)c1cc(Br)ccc1O.[Cl-].[Cl-].[Ti]=[CH]c1ccco1. The number of halogens is 4. The van der Waals surface area contributed by atoms with E-state index < -0.39 is 0 Å². The van der Waals surface area contributed by atoms with Crippen molar-refractivity contribution in [1.82, 2.24) is 0 Å². The number of hydrogen-bond acceptors (Lipinski definition) is 3. The van der Waals surface area contributed by atoms with Gasteiger partial charge in [-0.3, -0.25) is 0 Å². The van der Waals surface area contributed by atoms with Crippen molar-refractivity contribution in [1.29, 1.82) is 0 Å². The van der Waals surface area contributed by atoms with Gasteiger partial charge in [-0.05, 0) is 47.2 Å². The molecule has 0 bridgehead atoms. The third-order valence-corrected chi connectivity index (χ3v) is 5.65. The minimum atomic E-state index is -0.00609. The molecule has 1 heterocycles. The third-order valence-electron chi connectivity index (χ3n) is 4.22. The summed E-state index contributed by atoms with van der Waals surface area (Å²) in [6.45, 7) is 12.5. The monoisotopic (exact) mass is 654 g/mol. The van der Waals surface area contributed by atoms with Crippen LogP contribution in [0.3, 0.4) is 0 Å². The molecule has 0 amide bonds. The minimum absolute atomic E-state index is 0. The van der Waals surface area contributed by atoms with E-state index >= 15 is 0 Å². The maximum absolute atomic E-state index is 9.55. The first-order valence-electron chi connectivity index (χ1n) is 9.77. The zero-order valence-electron chi connectivity index (χ0n) is 19.6. The quantitative estimate of drug-likeness (QED) is 0.394. The zero-order chi connectivity index (χ0) is 23.8. The molecule has 0 saturated heterocycles. The van der Waals surface area contributed by atoms with Crippen LogP contribution in [0.1, 0.15) is 58.4 Å². The molecular weight excluding hydrogens is 627 g/mol. The van der Waals surface area contributed by atoms with Crippen molar-refractivity contribution in [3.63, 3.8) is 0 Å². The van der Waals surface area contributed by atoms with Crippen molar-refractivity contribution in [2.75, 3.05) is 0 Å². The van der Waals surface area contributed by atoms with Crippen molar-refractivity contribution >= 4 is 36.2 Å². The van der Waals surface area contributed by atoms with Crippen LogP contribution in [0.5, 0.6) is 11.5 Å². The number of phenols is 2. The van der Waals surface area contributed by atoms with E-state index in [9.17, 15) is 10.2 Å². The molecule has 0 radical (unpaired) electrons. The van der Waals surface area contributed by atoms with Crippen LogP contribution in [0.15, 0.2) is 68.2 Å². The zero-order valence-corrected chi connectivity index (χ0v) is 25.8. The number of benzene rings is 2. The molecule has 1 aromatic heterocycles. The molecule has 3 nitrogen and oxygen atoms in total. The molecule has 3 aromatic rings. The summed E-state index contributed by atoms with van der Waals surface area (Å²) in [5, 5.41) is 19.1. The van der Waals surface area contributed by atoms with Gasteiger partial charge in [0.15, 0.2) is 0 Å². The fraction of sp³-hybridized carbons (Fsp3) is 0.320. The van der Waals surface area contributed by atoms with Gasteiger partial charge in [-0.25, -0.2) is 0 Å². The van der Waals surface area contributed by atoms with Crippen LogP contribution in [-0.4, -0.2) is 14.5 Å². The Labute approximate surface area is 238 Å². The summed E-state index contributed by atoms with van der Waals surface area (Å²) >= 11 is 8.70. The molecular formula is C25H30Br2Cl2O3Ti-2. The van der Waals surface area contributed by atoms with E-state index in [1.807, 2.05) is 60.7 Å². The van der Waals surface area contributed by atoms with Crippen LogP contribution < -0.4 is 24.8 Å². The van der Waals surface area contributed by atoms with E-state index in [0.29, 0.717) is 11.5 Å². The van der Waals surface area contributed by atoms with Gasteiger partial charge >= 0.3 is 52.9 Å². The van der Waals surface area contributed by atoms with Gasteiger partial charge < -0.3 is 35.0 Å². The summed E-state index contributed by atoms with van der Waals surface area (Å²) < 4.78 is 8.85. The van der Waals surface area contributed by atoms with Crippen molar-refractivity contribution in [3.05, 3.63) is 80.6 Å². The summed E-state index contributed by atoms with van der Waals surface area (Å²) in [6, 6.07) is 14.8. The van der Waals surface area contributed by atoms with E-state index in [1.54, 1.807) is 18.4 Å². The number of furan rings is 1. The van der Waals surface area contributed by atoms with Gasteiger partial charge in [0.05, 0.1) is 0 Å². The van der Waals surface area contributed by atoms with E-state index in [1.165, 1.54) is 0 Å². The predicted octanol–water partition coefficient (Wildman–Crippen LogP) is 1.89. The molecule has 0 spiro atoms. The summed E-state index contributed by atoms with van der Waals surface area (Å²) in [5.74, 6) is 1.66. The Morgan fingerprint density at radius 2 is 1.15 bits per heavy atom. The molecule has 2 N–H and O–H groups in total. The molecule has 0 atom stereocenters. The topological polar surface area (TPSA) is 53.6 Å². The van der Waals surface area contributed by atoms with Crippen LogP contribution in [0.2, 0.25) is 0 Å². The second-order valence-corrected chi connectivity index (χ2v) is 11.3. The van der Waals surface area contributed by atoms with Crippen LogP contribution in [0.25, 0.3) is 0 Å². The fourth-order valence-electron chi connectivity index (χ4n) is 2.59. The van der Waals surface area contributed by atoms with Crippen molar-refractivity contribution in [2.24, 2.45) is 0 Å². The Hall–Kier alpha value is -0.556. The van der Waals surface area contributed by atoms with Gasteiger partial charge in [0.1, 0.15) is 11.5 Å². The average Bonchev–Trinajstić information content (AvgIpc) is 3.19. The van der Waals surface area contributed by atoms with Gasteiger partial charge in [0.25, 0.3) is 0 Å². The third kappa shape index (κ3) is 12.6. The Balaban J connectivity index is 0. The molecule has 0 aliphatic carbocycles. The van der Waals surface area contributed by atoms with Crippen molar-refractivity contribution < 1.29 is 59.4 Å². The Kier molecular flexibility index (Phi) is 16.2. The van der Waals surface area contributed by atoms with Gasteiger partial charge in [0, 0.05) is 20.1 Å². The predicted molar refractivity (Wildman–Crippen MR) is 133 cm³/mol. The van der Waals surface area contributed by atoms with E-state index in [4.69, 9.17) is 4.42 Å². The molecule has 182 valence electrons. The van der Waals surface area contributed by atoms with E-state index in [-0.39, 0.29) is 35.6 Å². The molecule has 33 heavy (non-hydrogen) atoms. The first-order chi connectivity index (χ1) is 14.3. The Morgan fingerprint density at radius 1 is 0.758 bits per heavy atom. The first kappa shape index (κ1) is 34.6.